The topological polar surface area (TPSA) is 75.7 Å². The van der Waals surface area contributed by atoms with Gasteiger partial charge in [-0.1, -0.05) is 51.1 Å². The van der Waals surface area contributed by atoms with E-state index in [0.29, 0.717) is 28.5 Å². The van der Waals surface area contributed by atoms with E-state index in [9.17, 15) is 14.4 Å². The Morgan fingerprint density at radius 2 is 1.79 bits per heavy atom. The number of nitrogens with one attached hydrogen (secondary N) is 1. The maximum absolute atomic E-state index is 12.5. The van der Waals surface area contributed by atoms with Gasteiger partial charge in [0.25, 0.3) is 5.91 Å². The number of hydrogen-bond donors (Lipinski definition) is 1. The molecule has 7 heteroatoms. The molecule has 0 fully saturated rings. The number of esters is 1. The Bertz CT molecular complexity index is 869. The highest BCUT2D eigenvalue weighted by atomic mass is 32.1. The number of amides is 2. The molecule has 0 aliphatic rings. The Hall–Kier alpha value is -2.67. The zero-order valence-electron chi connectivity index (χ0n) is 17.6. The zero-order chi connectivity index (χ0) is 21.6. The summed E-state index contributed by atoms with van der Waals surface area (Å²) in [6.45, 7) is 9.78. The molecule has 156 valence electrons. The molecule has 2 rings (SSSR count). The monoisotopic (exact) mass is 416 g/mol. The molecule has 0 unspecified atom stereocenters. The normalized spacial score (nSPS) is 11.1. The molecular weight excluding hydrogens is 388 g/mol. The molecule has 0 aliphatic carbocycles. The van der Waals surface area contributed by atoms with Crippen LogP contribution in [0, 0.1) is 12.3 Å². The first-order valence-electron chi connectivity index (χ1n) is 9.52. The van der Waals surface area contributed by atoms with Crippen molar-refractivity contribution in [3.8, 4) is 0 Å². The first-order valence-corrected chi connectivity index (χ1v) is 10.3. The predicted octanol–water partition coefficient (Wildman–Crippen LogP) is 4.25. The van der Waals surface area contributed by atoms with E-state index in [2.05, 4.69) is 5.32 Å². The van der Waals surface area contributed by atoms with Crippen LogP contribution >= 0.6 is 11.3 Å². The number of anilines is 1. The number of thiophene rings is 1. The van der Waals surface area contributed by atoms with Gasteiger partial charge in [0.1, 0.15) is 4.88 Å². The molecule has 2 amide bonds. The van der Waals surface area contributed by atoms with E-state index >= 15 is 0 Å². The van der Waals surface area contributed by atoms with Gasteiger partial charge in [-0.25, -0.2) is 4.79 Å². The van der Waals surface area contributed by atoms with Crippen molar-refractivity contribution >= 4 is 34.1 Å². The van der Waals surface area contributed by atoms with Crippen molar-refractivity contribution in [1.29, 1.82) is 0 Å². The largest absolute Gasteiger partial charge is 0.451 e. The zero-order valence-corrected chi connectivity index (χ0v) is 18.4. The van der Waals surface area contributed by atoms with Crippen LogP contribution < -0.4 is 5.32 Å². The van der Waals surface area contributed by atoms with Crippen molar-refractivity contribution < 1.29 is 19.1 Å². The second kappa shape index (κ2) is 9.69. The molecule has 1 aromatic carbocycles. The molecule has 1 N–H and O–H groups in total. The minimum Gasteiger partial charge on any atom is -0.451 e. The van der Waals surface area contributed by atoms with Gasteiger partial charge in [0.15, 0.2) is 6.61 Å². The fraction of sp³-hybridized carbons (Fsp3) is 0.409. The van der Waals surface area contributed by atoms with Crippen LogP contribution in [0.3, 0.4) is 0 Å². The molecular formula is C22H28N2O4S. The van der Waals surface area contributed by atoms with Gasteiger partial charge in [0, 0.05) is 18.5 Å². The molecule has 0 saturated heterocycles. The molecule has 1 heterocycles. The number of benzene rings is 1. The first-order chi connectivity index (χ1) is 13.6. The van der Waals surface area contributed by atoms with E-state index < -0.39 is 11.4 Å². The predicted molar refractivity (Wildman–Crippen MR) is 115 cm³/mol. The van der Waals surface area contributed by atoms with E-state index in [1.54, 1.807) is 17.9 Å². The van der Waals surface area contributed by atoms with E-state index in [1.165, 1.54) is 0 Å². The lowest BCUT2D eigenvalue weighted by molar-refractivity contribution is -0.135. The van der Waals surface area contributed by atoms with Gasteiger partial charge >= 0.3 is 5.97 Å². The summed E-state index contributed by atoms with van der Waals surface area (Å²) >= 11 is 1.15. The third-order valence-corrected chi connectivity index (χ3v) is 5.43. The Kier molecular flexibility index (Phi) is 7.56. The van der Waals surface area contributed by atoms with E-state index in [1.807, 2.05) is 58.0 Å². The van der Waals surface area contributed by atoms with Crippen LogP contribution in [0.2, 0.25) is 0 Å². The number of likely N-dealkylation sites (N-methyl/N-ethyl adjacent to an activating group) is 1. The highest BCUT2D eigenvalue weighted by Crippen LogP contribution is 2.29. The van der Waals surface area contributed by atoms with Gasteiger partial charge in [-0.05, 0) is 31.0 Å². The number of aryl methyl sites for hydroxylation is 1. The van der Waals surface area contributed by atoms with E-state index in [4.69, 9.17) is 4.74 Å². The summed E-state index contributed by atoms with van der Waals surface area (Å²) in [4.78, 5) is 39.0. The molecule has 2 aromatic rings. The molecule has 0 saturated carbocycles. The molecule has 0 bridgehead atoms. The summed E-state index contributed by atoms with van der Waals surface area (Å²) in [6.07, 6.45) is 0. The second-order valence-corrected chi connectivity index (χ2v) is 8.85. The van der Waals surface area contributed by atoms with Gasteiger partial charge < -0.3 is 15.0 Å². The molecule has 29 heavy (non-hydrogen) atoms. The lowest BCUT2D eigenvalue weighted by Crippen LogP contribution is -2.34. The summed E-state index contributed by atoms with van der Waals surface area (Å²) in [6, 6.07) is 11.4. The van der Waals surface area contributed by atoms with E-state index in [-0.39, 0.29) is 18.4 Å². The van der Waals surface area contributed by atoms with Crippen LogP contribution in [0.1, 0.15) is 48.5 Å². The van der Waals surface area contributed by atoms with Crippen molar-refractivity contribution in [3.05, 3.63) is 52.4 Å². The van der Waals surface area contributed by atoms with Crippen molar-refractivity contribution in [2.75, 3.05) is 18.5 Å². The number of rotatable bonds is 7. The minimum atomic E-state index is -0.562. The molecule has 0 spiro atoms. The van der Waals surface area contributed by atoms with Gasteiger partial charge in [-0.3, -0.25) is 9.59 Å². The Morgan fingerprint density at radius 3 is 2.38 bits per heavy atom. The van der Waals surface area contributed by atoms with Crippen LogP contribution in [0.4, 0.5) is 5.00 Å². The van der Waals surface area contributed by atoms with Crippen molar-refractivity contribution in [1.82, 2.24) is 4.90 Å². The number of carbonyl (C=O) groups excluding carboxylic acids is 3. The molecule has 6 nitrogen and oxygen atoms in total. The summed E-state index contributed by atoms with van der Waals surface area (Å²) in [5.74, 6) is -0.943. The van der Waals surface area contributed by atoms with Gasteiger partial charge in [0.05, 0.1) is 5.00 Å². The number of nitrogens with zero attached hydrogens (tertiary/aromatic N) is 1. The molecule has 0 aliphatic heterocycles. The quantitative estimate of drug-likeness (QED) is 0.685. The van der Waals surface area contributed by atoms with Gasteiger partial charge in [-0.15, -0.1) is 11.3 Å². The van der Waals surface area contributed by atoms with Gasteiger partial charge in [0.2, 0.25) is 5.91 Å². The van der Waals surface area contributed by atoms with Crippen LogP contribution in [-0.4, -0.2) is 35.8 Å². The van der Waals surface area contributed by atoms with Crippen molar-refractivity contribution in [3.63, 3.8) is 0 Å². The summed E-state index contributed by atoms with van der Waals surface area (Å²) in [7, 11) is 0. The highest BCUT2D eigenvalue weighted by molar-refractivity contribution is 7.18. The lowest BCUT2D eigenvalue weighted by atomic mass is 9.96. The Labute approximate surface area is 175 Å². The maximum Gasteiger partial charge on any atom is 0.349 e. The number of ether oxygens (including phenoxy) is 1. The smallest absolute Gasteiger partial charge is 0.349 e. The standard InChI is InChI=1S/C22H28N2O4S/c1-6-24(13-16-10-8-7-9-11-16)18(25)14-28-20(26)19-15(2)12-17(29-19)23-21(27)22(3,4)5/h7-12H,6,13-14H2,1-5H3,(H,23,27). The Morgan fingerprint density at radius 1 is 1.14 bits per heavy atom. The van der Waals surface area contributed by atoms with Crippen molar-refractivity contribution in [2.45, 2.75) is 41.2 Å². The average molecular weight is 417 g/mol. The molecule has 0 radical (unpaired) electrons. The van der Waals surface area contributed by atoms with Crippen molar-refractivity contribution in [2.24, 2.45) is 5.41 Å². The average Bonchev–Trinajstić information content (AvgIpc) is 3.04. The van der Waals surface area contributed by atoms with Crippen LogP contribution in [0.25, 0.3) is 0 Å². The summed E-state index contributed by atoms with van der Waals surface area (Å²) in [5.41, 5.74) is 1.18. The van der Waals surface area contributed by atoms with Crippen LogP contribution in [-0.2, 0) is 20.9 Å². The lowest BCUT2D eigenvalue weighted by Gasteiger charge is -2.20. The summed E-state index contributed by atoms with van der Waals surface area (Å²) in [5, 5.41) is 3.40. The molecule has 1 aromatic heterocycles. The van der Waals surface area contributed by atoms with E-state index in [0.717, 1.165) is 16.9 Å². The number of hydrogen-bond acceptors (Lipinski definition) is 5. The van der Waals surface area contributed by atoms with Gasteiger partial charge in [-0.2, -0.15) is 0 Å². The minimum absolute atomic E-state index is 0.131. The summed E-state index contributed by atoms with van der Waals surface area (Å²) < 4.78 is 5.24. The fourth-order valence-electron chi connectivity index (χ4n) is 2.51. The SMILES string of the molecule is CCN(Cc1ccccc1)C(=O)COC(=O)c1sc(NC(=O)C(C)(C)C)cc1C. The van der Waals surface area contributed by atoms with Crippen LogP contribution in [0.15, 0.2) is 36.4 Å². The third-order valence-electron chi connectivity index (χ3n) is 4.30. The maximum atomic E-state index is 12.5. The first kappa shape index (κ1) is 22.6. The second-order valence-electron chi connectivity index (χ2n) is 7.80. The number of carbonyl (C=O) groups is 3. The van der Waals surface area contributed by atoms with Crippen LogP contribution in [0.5, 0.6) is 0 Å². The Balaban J connectivity index is 1.96. The fourth-order valence-corrected chi connectivity index (χ4v) is 3.47. The molecule has 0 atom stereocenters. The highest BCUT2D eigenvalue weighted by Gasteiger charge is 2.24. The third kappa shape index (κ3) is 6.42.